The van der Waals surface area contributed by atoms with Crippen LogP contribution < -0.4 is 5.32 Å². The van der Waals surface area contributed by atoms with Gasteiger partial charge in [-0.3, -0.25) is 0 Å². The van der Waals surface area contributed by atoms with Gasteiger partial charge in [0, 0.05) is 24.0 Å². The van der Waals surface area contributed by atoms with E-state index < -0.39 is 0 Å². The van der Waals surface area contributed by atoms with Crippen LogP contribution >= 0.6 is 11.8 Å². The van der Waals surface area contributed by atoms with E-state index in [1.165, 1.54) is 11.8 Å². The molecule has 0 fully saturated rings. The topological polar surface area (TPSA) is 63.6 Å². The summed E-state index contributed by atoms with van der Waals surface area (Å²) in [6.07, 6.45) is 3.56. The van der Waals surface area contributed by atoms with Gasteiger partial charge >= 0.3 is 0 Å². The molecule has 2 aromatic rings. The summed E-state index contributed by atoms with van der Waals surface area (Å²) in [5.74, 6) is 0.883. The van der Waals surface area contributed by atoms with Crippen molar-refractivity contribution in [2.45, 2.75) is 43.8 Å². The summed E-state index contributed by atoms with van der Waals surface area (Å²) in [6, 6.07) is 1.97. The molecule has 2 rings (SSSR count). The van der Waals surface area contributed by atoms with E-state index in [-0.39, 0.29) is 0 Å². The zero-order valence-electron chi connectivity index (χ0n) is 12.3. The van der Waals surface area contributed by atoms with Gasteiger partial charge in [-0.25, -0.2) is 19.9 Å². The van der Waals surface area contributed by atoms with Crippen LogP contribution in [0.4, 0.5) is 5.82 Å². The predicted octanol–water partition coefficient (Wildman–Crippen LogP) is 3.03. The van der Waals surface area contributed by atoms with E-state index >= 15 is 0 Å². The highest BCUT2D eigenvalue weighted by molar-refractivity contribution is 7.99. The van der Waals surface area contributed by atoms with Gasteiger partial charge in [0.1, 0.15) is 17.2 Å². The molecule has 0 aliphatic rings. The summed E-state index contributed by atoms with van der Waals surface area (Å²) in [6.45, 7) is 6.10. The van der Waals surface area contributed by atoms with Crippen molar-refractivity contribution in [2.75, 3.05) is 12.4 Å². The standard InChI is InChI=1S/C14H19N5S/c1-5-6-11-12(15-4)16-8-17-13(11)20-14-18-9(2)7-10(3)19-14/h7-8H,5-6H2,1-4H3,(H,15,16,17). The molecule has 106 valence electrons. The minimum atomic E-state index is 0.737. The van der Waals surface area contributed by atoms with E-state index in [9.17, 15) is 0 Å². The molecule has 0 unspecified atom stereocenters. The fourth-order valence-corrected chi connectivity index (χ4v) is 2.97. The summed E-state index contributed by atoms with van der Waals surface area (Å²) < 4.78 is 0. The maximum Gasteiger partial charge on any atom is 0.194 e. The summed E-state index contributed by atoms with van der Waals surface area (Å²) >= 11 is 1.50. The highest BCUT2D eigenvalue weighted by atomic mass is 32.2. The van der Waals surface area contributed by atoms with Crippen LogP contribution in [0.2, 0.25) is 0 Å². The van der Waals surface area contributed by atoms with Crippen LogP contribution in [-0.2, 0) is 6.42 Å². The molecule has 0 bridgehead atoms. The van der Waals surface area contributed by atoms with E-state index in [0.717, 1.165) is 45.8 Å². The SMILES string of the molecule is CCCc1c(NC)ncnc1Sc1nc(C)cc(C)n1. The first-order chi connectivity index (χ1) is 9.63. The third kappa shape index (κ3) is 3.45. The molecule has 0 atom stereocenters. The number of nitrogens with zero attached hydrogens (tertiary/aromatic N) is 4. The Kier molecular flexibility index (Phi) is 4.89. The first-order valence-corrected chi connectivity index (χ1v) is 7.47. The van der Waals surface area contributed by atoms with Crippen molar-refractivity contribution in [3.8, 4) is 0 Å². The summed E-state index contributed by atoms with van der Waals surface area (Å²) in [7, 11) is 1.88. The molecule has 5 nitrogen and oxygen atoms in total. The molecule has 0 aliphatic heterocycles. The summed E-state index contributed by atoms with van der Waals surface area (Å²) in [5, 5.41) is 4.79. The molecule has 0 amide bonds. The van der Waals surface area contributed by atoms with E-state index in [0.29, 0.717) is 0 Å². The molecule has 0 spiro atoms. The van der Waals surface area contributed by atoms with Crippen molar-refractivity contribution in [3.63, 3.8) is 0 Å². The van der Waals surface area contributed by atoms with Gasteiger partial charge in [-0.1, -0.05) is 13.3 Å². The molecule has 0 saturated carbocycles. The van der Waals surface area contributed by atoms with Gasteiger partial charge in [-0.15, -0.1) is 0 Å². The van der Waals surface area contributed by atoms with E-state index in [2.05, 4.69) is 32.2 Å². The van der Waals surface area contributed by atoms with Crippen LogP contribution in [0.5, 0.6) is 0 Å². The molecule has 0 saturated heterocycles. The number of rotatable bonds is 5. The van der Waals surface area contributed by atoms with Gasteiger partial charge in [-0.05, 0) is 38.1 Å². The average Bonchev–Trinajstić information content (AvgIpc) is 2.39. The number of aromatic nitrogens is 4. The summed E-state index contributed by atoms with van der Waals surface area (Å²) in [5.41, 5.74) is 3.07. The van der Waals surface area contributed by atoms with Crippen molar-refractivity contribution < 1.29 is 0 Å². The van der Waals surface area contributed by atoms with Crippen LogP contribution in [0.1, 0.15) is 30.3 Å². The Morgan fingerprint density at radius 3 is 2.45 bits per heavy atom. The lowest BCUT2D eigenvalue weighted by Gasteiger charge is -2.11. The average molecular weight is 289 g/mol. The Morgan fingerprint density at radius 1 is 1.15 bits per heavy atom. The van der Waals surface area contributed by atoms with E-state index in [1.54, 1.807) is 6.33 Å². The monoisotopic (exact) mass is 289 g/mol. The van der Waals surface area contributed by atoms with Gasteiger partial charge in [0.15, 0.2) is 5.16 Å². The highest BCUT2D eigenvalue weighted by Gasteiger charge is 2.13. The quantitative estimate of drug-likeness (QED) is 0.674. The van der Waals surface area contributed by atoms with Crippen molar-refractivity contribution in [1.29, 1.82) is 0 Å². The van der Waals surface area contributed by atoms with Gasteiger partial charge in [-0.2, -0.15) is 0 Å². The van der Waals surface area contributed by atoms with Crippen LogP contribution in [0.3, 0.4) is 0 Å². The predicted molar refractivity (Wildman–Crippen MR) is 81.2 cm³/mol. The largest absolute Gasteiger partial charge is 0.373 e. The Balaban J connectivity index is 2.37. The lowest BCUT2D eigenvalue weighted by molar-refractivity contribution is 0.850. The van der Waals surface area contributed by atoms with Crippen LogP contribution in [0.15, 0.2) is 22.6 Å². The Bertz CT molecular complexity index is 580. The number of anilines is 1. The smallest absolute Gasteiger partial charge is 0.194 e. The second-order valence-electron chi connectivity index (χ2n) is 4.54. The van der Waals surface area contributed by atoms with Crippen molar-refractivity contribution in [1.82, 2.24) is 19.9 Å². The molecular formula is C14H19N5S. The lowest BCUT2D eigenvalue weighted by Crippen LogP contribution is -2.03. The van der Waals surface area contributed by atoms with Crippen LogP contribution in [0.25, 0.3) is 0 Å². The number of nitrogens with one attached hydrogen (secondary N) is 1. The second kappa shape index (κ2) is 6.65. The molecule has 0 aromatic carbocycles. The normalized spacial score (nSPS) is 10.6. The fraction of sp³-hybridized carbons (Fsp3) is 0.429. The first kappa shape index (κ1) is 14.7. The van der Waals surface area contributed by atoms with Gasteiger partial charge in [0.2, 0.25) is 0 Å². The minimum absolute atomic E-state index is 0.737. The number of hydrogen-bond acceptors (Lipinski definition) is 6. The molecule has 0 aliphatic carbocycles. The Labute approximate surface area is 123 Å². The van der Waals surface area contributed by atoms with Crippen molar-refractivity contribution in [3.05, 3.63) is 29.3 Å². The van der Waals surface area contributed by atoms with Crippen LogP contribution in [-0.4, -0.2) is 27.0 Å². The summed E-state index contributed by atoms with van der Waals surface area (Å²) in [4.78, 5) is 17.6. The Morgan fingerprint density at radius 2 is 1.85 bits per heavy atom. The van der Waals surface area contributed by atoms with Crippen LogP contribution in [0, 0.1) is 13.8 Å². The zero-order chi connectivity index (χ0) is 14.5. The Hall–Kier alpha value is -1.69. The third-order valence-corrected chi connectivity index (χ3v) is 3.70. The van der Waals surface area contributed by atoms with Gasteiger partial charge < -0.3 is 5.32 Å². The maximum absolute atomic E-state index is 4.46. The van der Waals surface area contributed by atoms with E-state index in [4.69, 9.17) is 0 Å². The number of aryl methyl sites for hydroxylation is 2. The highest BCUT2D eigenvalue weighted by Crippen LogP contribution is 2.30. The molecule has 0 radical (unpaired) electrons. The minimum Gasteiger partial charge on any atom is -0.373 e. The molecule has 2 heterocycles. The third-order valence-electron chi connectivity index (χ3n) is 2.79. The van der Waals surface area contributed by atoms with Gasteiger partial charge in [0.25, 0.3) is 0 Å². The van der Waals surface area contributed by atoms with Crippen molar-refractivity contribution >= 4 is 17.6 Å². The fourth-order valence-electron chi connectivity index (χ4n) is 2.00. The molecular weight excluding hydrogens is 270 g/mol. The zero-order valence-corrected chi connectivity index (χ0v) is 13.1. The van der Waals surface area contributed by atoms with Gasteiger partial charge in [0.05, 0.1) is 0 Å². The molecule has 6 heteroatoms. The molecule has 20 heavy (non-hydrogen) atoms. The lowest BCUT2D eigenvalue weighted by atomic mass is 10.2. The molecule has 1 N–H and O–H groups in total. The molecule has 2 aromatic heterocycles. The van der Waals surface area contributed by atoms with E-state index in [1.807, 2.05) is 27.0 Å². The second-order valence-corrected chi connectivity index (χ2v) is 5.50. The maximum atomic E-state index is 4.46. The van der Waals surface area contributed by atoms with Crippen molar-refractivity contribution in [2.24, 2.45) is 0 Å². The first-order valence-electron chi connectivity index (χ1n) is 6.65. The number of hydrogen-bond donors (Lipinski definition) is 1.